The lowest BCUT2D eigenvalue weighted by atomic mass is 9.99. The highest BCUT2D eigenvalue weighted by molar-refractivity contribution is 7.84. The molecule has 2 unspecified atom stereocenters. The average molecular weight is 467 g/mol. The van der Waals surface area contributed by atoms with E-state index in [9.17, 15) is 27.6 Å². The molecule has 1 aliphatic heterocycles. The molecule has 0 aliphatic carbocycles. The number of carbonyl (C=O) groups excluding carboxylic acids is 3. The summed E-state index contributed by atoms with van der Waals surface area (Å²) < 4.78 is 39.9. The Hall–Kier alpha value is -3.58. The minimum atomic E-state index is -5.03. The van der Waals surface area contributed by atoms with Gasteiger partial charge in [0.1, 0.15) is 18.7 Å². The van der Waals surface area contributed by atoms with Crippen molar-refractivity contribution in [3.63, 3.8) is 0 Å². The first-order valence-corrected chi connectivity index (χ1v) is 9.64. The van der Waals surface area contributed by atoms with Crippen molar-refractivity contribution in [1.82, 2.24) is 19.0 Å². The van der Waals surface area contributed by atoms with Crippen LogP contribution in [-0.4, -0.2) is 86.6 Å². The zero-order valence-corrected chi connectivity index (χ0v) is 16.1. The molecule has 30 heavy (non-hydrogen) atoms. The number of carboxylic acids is 1. The topological polar surface area (TPSA) is 267 Å². The monoisotopic (exact) mass is 467 g/mol. The molecule has 19 heteroatoms. The quantitative estimate of drug-likeness (QED) is 0.102. The third kappa shape index (κ3) is 5.27. The molecule has 1 fully saturated rings. The Balaban J connectivity index is 2.24. The maximum atomic E-state index is 12.5. The average Bonchev–Trinajstić information content (AvgIpc) is 3.04. The lowest BCUT2D eigenvalue weighted by molar-refractivity contribution is -0.146. The van der Waals surface area contributed by atoms with Crippen LogP contribution in [0.4, 0.5) is 9.93 Å². The summed E-state index contributed by atoms with van der Waals surface area (Å²) in [6.07, 6.45) is -1.30. The summed E-state index contributed by atoms with van der Waals surface area (Å²) in [7, 11) is -5.03. The predicted molar refractivity (Wildman–Crippen MR) is 94.1 cm³/mol. The first-order valence-electron chi connectivity index (χ1n) is 7.47. The number of rotatable bonds is 9. The van der Waals surface area contributed by atoms with Gasteiger partial charge in [0, 0.05) is 11.5 Å². The maximum Gasteiger partial charge on any atom is 0.404 e. The van der Waals surface area contributed by atoms with E-state index in [0.717, 1.165) is 0 Å². The molecule has 3 amide bonds. The van der Waals surface area contributed by atoms with Gasteiger partial charge in [-0.1, -0.05) is 5.16 Å². The Labute approximate surface area is 170 Å². The minimum absolute atomic E-state index is 0.0300. The molecular weight excluding hydrogens is 454 g/mol. The summed E-state index contributed by atoms with van der Waals surface area (Å²) in [5.41, 5.74) is 9.52. The summed E-state index contributed by atoms with van der Waals surface area (Å²) in [6.45, 7) is -1.71. The van der Waals surface area contributed by atoms with Crippen molar-refractivity contribution in [2.75, 3.05) is 18.9 Å². The van der Waals surface area contributed by atoms with E-state index in [4.69, 9.17) is 21.1 Å². The molecule has 2 rings (SSSR count). The SMILES string of the molecule is NC(=O)OCC1C(NC(=O)/C(=N\OCC(=O)O)c2nsc(N)n2)C(=O)N1S(=O)(=O)O. The van der Waals surface area contributed by atoms with Gasteiger partial charge in [0.05, 0.1) is 0 Å². The number of amides is 3. The van der Waals surface area contributed by atoms with Crippen LogP contribution in [0.3, 0.4) is 0 Å². The number of aromatic nitrogens is 2. The fraction of sp³-hybridized carbons (Fsp3) is 0.364. The largest absolute Gasteiger partial charge is 0.479 e. The van der Waals surface area contributed by atoms with Gasteiger partial charge in [-0.2, -0.15) is 17.8 Å². The van der Waals surface area contributed by atoms with E-state index >= 15 is 0 Å². The second kappa shape index (κ2) is 8.84. The normalized spacial score (nSPS) is 19.0. The van der Waals surface area contributed by atoms with Crippen LogP contribution in [0.1, 0.15) is 5.82 Å². The molecule has 0 spiro atoms. The van der Waals surface area contributed by atoms with Crippen molar-refractivity contribution in [2.24, 2.45) is 10.9 Å². The number of primary amides is 1. The molecule has 1 saturated heterocycles. The summed E-state index contributed by atoms with van der Waals surface area (Å²) in [6, 6.07) is -3.13. The number of β-lactam (4-membered cyclic amide) rings is 1. The highest BCUT2D eigenvalue weighted by Gasteiger charge is 2.55. The highest BCUT2D eigenvalue weighted by Crippen LogP contribution is 2.24. The van der Waals surface area contributed by atoms with E-state index in [1.54, 1.807) is 0 Å². The standard InChI is InChI=1S/C11H13N7O10S2/c12-10-15-7(17-29-10)6(16-28-2-4(19)20)8(21)14-5-3(1-27-11(13)23)18(9(5)22)30(24,25)26/h3,5H,1-2H2,(H2,13,23)(H,14,21)(H,19,20)(H2,12,15,17)(H,24,25,26)/b16-6-. The summed E-state index contributed by atoms with van der Waals surface area (Å²) in [5.74, 6) is -4.23. The van der Waals surface area contributed by atoms with Gasteiger partial charge in [-0.3, -0.25) is 14.1 Å². The Morgan fingerprint density at radius 2 is 2.03 bits per heavy atom. The number of ether oxygens (including phenoxy) is 1. The summed E-state index contributed by atoms with van der Waals surface area (Å²) in [5, 5.41) is 13.9. The van der Waals surface area contributed by atoms with E-state index in [1.807, 2.05) is 0 Å². The van der Waals surface area contributed by atoms with Crippen molar-refractivity contribution < 1.29 is 46.8 Å². The molecule has 17 nitrogen and oxygen atoms in total. The molecule has 0 aromatic carbocycles. The zero-order chi connectivity index (χ0) is 22.6. The second-order valence-corrected chi connectivity index (χ2v) is 7.40. The van der Waals surface area contributed by atoms with Crippen LogP contribution in [0, 0.1) is 0 Å². The second-order valence-electron chi connectivity index (χ2n) is 5.32. The van der Waals surface area contributed by atoms with Crippen LogP contribution in [-0.2, 0) is 34.3 Å². The van der Waals surface area contributed by atoms with Crippen LogP contribution in [0.15, 0.2) is 5.16 Å². The van der Waals surface area contributed by atoms with Gasteiger partial charge in [-0.15, -0.1) is 0 Å². The number of nitrogens with zero attached hydrogens (tertiary/aromatic N) is 4. The molecule has 1 aliphatic rings. The van der Waals surface area contributed by atoms with Crippen molar-refractivity contribution >= 4 is 56.6 Å². The number of hydrogen-bond acceptors (Lipinski definition) is 13. The van der Waals surface area contributed by atoms with E-state index in [-0.39, 0.29) is 15.3 Å². The lowest BCUT2D eigenvalue weighted by Crippen LogP contribution is -2.73. The Kier molecular flexibility index (Phi) is 6.69. The van der Waals surface area contributed by atoms with Crippen molar-refractivity contribution in [2.45, 2.75) is 12.1 Å². The molecule has 1 aromatic rings. The van der Waals surface area contributed by atoms with Gasteiger partial charge < -0.3 is 31.5 Å². The number of hydrogen-bond donors (Lipinski definition) is 5. The lowest BCUT2D eigenvalue weighted by Gasteiger charge is -2.43. The minimum Gasteiger partial charge on any atom is -0.479 e. The van der Waals surface area contributed by atoms with Crippen molar-refractivity contribution in [3.8, 4) is 0 Å². The number of oxime groups is 1. The van der Waals surface area contributed by atoms with Crippen molar-refractivity contribution in [3.05, 3.63) is 5.82 Å². The third-order valence-electron chi connectivity index (χ3n) is 3.31. The first kappa shape index (κ1) is 22.7. The molecule has 2 heterocycles. The van der Waals surface area contributed by atoms with E-state index in [0.29, 0.717) is 11.5 Å². The predicted octanol–water partition coefficient (Wildman–Crippen LogP) is -3.48. The molecular formula is C11H13N7O10S2. The van der Waals surface area contributed by atoms with Crippen molar-refractivity contribution in [1.29, 1.82) is 0 Å². The van der Waals surface area contributed by atoms with Crippen LogP contribution < -0.4 is 16.8 Å². The van der Waals surface area contributed by atoms with Gasteiger partial charge in [0.25, 0.3) is 11.8 Å². The Morgan fingerprint density at radius 1 is 1.37 bits per heavy atom. The molecule has 164 valence electrons. The van der Waals surface area contributed by atoms with E-state index in [1.165, 1.54) is 0 Å². The third-order valence-corrected chi connectivity index (χ3v) is 4.80. The maximum absolute atomic E-state index is 12.5. The fourth-order valence-electron chi connectivity index (χ4n) is 2.17. The van der Waals surface area contributed by atoms with E-state index < -0.39 is 65.2 Å². The number of nitrogens with one attached hydrogen (secondary N) is 1. The first-order chi connectivity index (χ1) is 13.9. The molecule has 7 N–H and O–H groups in total. The number of nitrogens with two attached hydrogens (primary N) is 2. The molecule has 0 radical (unpaired) electrons. The molecule has 0 saturated carbocycles. The van der Waals surface area contributed by atoms with Gasteiger partial charge >= 0.3 is 22.4 Å². The fourth-order valence-corrected chi connectivity index (χ4v) is 3.47. The molecule has 2 atom stereocenters. The van der Waals surface area contributed by atoms with Gasteiger partial charge in [0.15, 0.2) is 5.13 Å². The number of carboxylic acid groups (broad SMARTS) is 1. The Bertz CT molecular complexity index is 1010. The summed E-state index contributed by atoms with van der Waals surface area (Å²) >= 11 is 0.670. The van der Waals surface area contributed by atoms with Crippen LogP contribution in [0.25, 0.3) is 0 Å². The smallest absolute Gasteiger partial charge is 0.404 e. The van der Waals surface area contributed by atoms with E-state index in [2.05, 4.69) is 29.4 Å². The van der Waals surface area contributed by atoms with Gasteiger partial charge in [-0.05, 0) is 0 Å². The zero-order valence-electron chi connectivity index (χ0n) is 14.5. The Morgan fingerprint density at radius 3 is 2.53 bits per heavy atom. The number of carbonyl (C=O) groups is 4. The van der Waals surface area contributed by atoms with Gasteiger partial charge in [-0.25, -0.2) is 13.9 Å². The van der Waals surface area contributed by atoms with Crippen LogP contribution >= 0.6 is 11.5 Å². The molecule has 1 aromatic heterocycles. The highest BCUT2D eigenvalue weighted by atomic mass is 32.2. The van der Waals surface area contributed by atoms with Crippen LogP contribution in [0.2, 0.25) is 0 Å². The summed E-state index contributed by atoms with van der Waals surface area (Å²) in [4.78, 5) is 54.1. The number of nitrogen functional groups attached to an aromatic ring is 1. The number of anilines is 1. The van der Waals surface area contributed by atoms with Crippen LogP contribution in [0.5, 0.6) is 0 Å². The van der Waals surface area contributed by atoms with Gasteiger partial charge in [0.2, 0.25) is 18.1 Å². The number of aliphatic carboxylic acids is 1. The molecule has 0 bridgehead atoms.